The number of rotatable bonds is 5. The number of hydrogen-bond donors (Lipinski definition) is 1. The van der Waals surface area contributed by atoms with Crippen LogP contribution in [-0.2, 0) is 9.59 Å². The number of carbonyl (C=O) groups excluding carboxylic acids is 2. The summed E-state index contributed by atoms with van der Waals surface area (Å²) in [5, 5.41) is 3.22. The third-order valence-electron chi connectivity index (χ3n) is 2.77. The van der Waals surface area contributed by atoms with Crippen molar-refractivity contribution in [2.45, 2.75) is 38.5 Å². The zero-order valence-corrected chi connectivity index (χ0v) is 8.79. The lowest BCUT2D eigenvalue weighted by Crippen LogP contribution is -2.24. The van der Waals surface area contributed by atoms with E-state index in [9.17, 15) is 9.59 Å². The van der Waals surface area contributed by atoms with E-state index in [1.807, 2.05) is 0 Å². The van der Waals surface area contributed by atoms with Crippen LogP contribution in [0.2, 0.25) is 0 Å². The fraction of sp³-hybridized carbons (Fsp3) is 0.636. The van der Waals surface area contributed by atoms with E-state index in [0.29, 0.717) is 25.0 Å². The highest BCUT2D eigenvalue weighted by atomic mass is 16.1. The molecule has 0 bridgehead atoms. The van der Waals surface area contributed by atoms with Gasteiger partial charge >= 0.3 is 0 Å². The molecule has 1 saturated carbocycles. The molecule has 0 aromatic heterocycles. The maximum atomic E-state index is 11.4. The summed E-state index contributed by atoms with van der Waals surface area (Å²) in [6.45, 7) is 3.59. The Morgan fingerprint density at radius 3 is 2.87 bits per heavy atom. The van der Waals surface area contributed by atoms with Crippen molar-refractivity contribution in [2.75, 3.05) is 0 Å². The molecule has 1 aliphatic carbocycles. The van der Waals surface area contributed by atoms with Gasteiger partial charge in [0.2, 0.25) is 0 Å². The van der Waals surface area contributed by atoms with Gasteiger partial charge in [0.15, 0.2) is 0 Å². The molecule has 0 heterocycles. The number of allylic oxidation sites excluding steroid dienone is 1. The first-order valence-corrected chi connectivity index (χ1v) is 5.23. The number of nitrogens with zero attached hydrogens (tertiary/aromatic N) is 1. The Hall–Kier alpha value is -1.32. The third-order valence-corrected chi connectivity index (χ3v) is 2.77. The highest BCUT2D eigenvalue weighted by Crippen LogP contribution is 2.24. The Balaban J connectivity index is 2.27. The molecule has 0 radical (unpaired) electrons. The van der Waals surface area contributed by atoms with Crippen LogP contribution in [0.15, 0.2) is 17.4 Å². The zero-order valence-electron chi connectivity index (χ0n) is 8.79. The Kier molecular flexibility index (Phi) is 4.34. The van der Waals surface area contributed by atoms with Crippen LogP contribution in [0.25, 0.3) is 0 Å². The van der Waals surface area contributed by atoms with E-state index in [1.165, 1.54) is 0 Å². The molecule has 1 fully saturated rings. The van der Waals surface area contributed by atoms with Gasteiger partial charge in [-0.15, -0.1) is 0 Å². The van der Waals surface area contributed by atoms with Crippen molar-refractivity contribution in [1.82, 2.24) is 0 Å². The molecule has 1 N–H and O–H groups in total. The number of Topliss-reactive ketones (excluding diaryl/α,β-unsaturated/α-hetero) is 2. The minimum absolute atomic E-state index is 0.0428. The summed E-state index contributed by atoms with van der Waals surface area (Å²) in [6.07, 6.45) is 3.64. The first kappa shape index (κ1) is 11.8. The minimum atomic E-state index is 0.0428. The van der Waals surface area contributed by atoms with E-state index in [2.05, 4.69) is 11.7 Å². The van der Waals surface area contributed by atoms with E-state index in [0.717, 1.165) is 12.8 Å². The van der Waals surface area contributed by atoms with Gasteiger partial charge in [-0.3, -0.25) is 9.59 Å². The average Bonchev–Trinajstić information content (AvgIpc) is 2.21. The monoisotopic (exact) mass is 208 g/mol. The largest absolute Gasteiger partial charge is 0.299 e. The van der Waals surface area contributed by atoms with E-state index >= 15 is 0 Å². The van der Waals surface area contributed by atoms with Crippen LogP contribution < -0.4 is 0 Å². The van der Waals surface area contributed by atoms with Gasteiger partial charge < -0.3 is 0 Å². The summed E-state index contributed by atoms with van der Waals surface area (Å²) >= 11 is 0. The molecule has 0 aromatic rings. The molecule has 0 aromatic carbocycles. The van der Waals surface area contributed by atoms with Crippen molar-refractivity contribution in [3.63, 3.8) is 0 Å². The van der Waals surface area contributed by atoms with Gasteiger partial charge in [-0.1, -0.05) is 6.58 Å². The molecule has 0 saturated heterocycles. The fourth-order valence-electron chi connectivity index (χ4n) is 1.84. The molecular formula is C11H16N2O2. The first-order valence-electron chi connectivity index (χ1n) is 5.23. The summed E-state index contributed by atoms with van der Waals surface area (Å²) in [5.41, 5.74) is 7.26. The summed E-state index contributed by atoms with van der Waals surface area (Å²) in [4.78, 5) is 22.4. The molecule has 1 aliphatic rings. The quantitative estimate of drug-likeness (QED) is 0.557. The summed E-state index contributed by atoms with van der Waals surface area (Å²) in [7, 11) is 0. The molecule has 15 heavy (non-hydrogen) atoms. The van der Waals surface area contributed by atoms with E-state index in [-0.39, 0.29) is 23.9 Å². The van der Waals surface area contributed by atoms with E-state index in [1.54, 1.807) is 0 Å². The Labute approximate surface area is 89.3 Å². The van der Waals surface area contributed by atoms with Crippen molar-refractivity contribution in [1.29, 1.82) is 5.53 Å². The third kappa shape index (κ3) is 3.73. The van der Waals surface area contributed by atoms with Crippen LogP contribution in [-0.4, -0.2) is 11.6 Å². The standard InChI is InChI=1S/C11H16N2O2/c1-8(13-12)3-2-4-9-5-6-10(14)7-11(9)15/h9,12H,1-7H2. The highest BCUT2D eigenvalue weighted by molar-refractivity contribution is 6.02. The second kappa shape index (κ2) is 5.53. The molecule has 0 aliphatic heterocycles. The Morgan fingerprint density at radius 1 is 1.53 bits per heavy atom. The van der Waals surface area contributed by atoms with E-state index < -0.39 is 0 Å². The van der Waals surface area contributed by atoms with Gasteiger partial charge in [0, 0.05) is 12.3 Å². The smallest absolute Gasteiger partial charge is 0.143 e. The normalized spacial score (nSPS) is 21.5. The van der Waals surface area contributed by atoms with E-state index in [4.69, 9.17) is 5.53 Å². The van der Waals surface area contributed by atoms with Gasteiger partial charge in [0.05, 0.1) is 12.1 Å². The molecule has 4 nitrogen and oxygen atoms in total. The summed E-state index contributed by atoms with van der Waals surface area (Å²) < 4.78 is 0. The number of carbonyl (C=O) groups is 2. The molecule has 0 amide bonds. The van der Waals surface area contributed by atoms with Crippen molar-refractivity contribution in [3.8, 4) is 0 Å². The van der Waals surface area contributed by atoms with Gasteiger partial charge in [-0.2, -0.15) is 5.11 Å². The summed E-state index contributed by atoms with van der Waals surface area (Å²) in [6, 6.07) is 0. The zero-order chi connectivity index (χ0) is 11.3. The molecule has 82 valence electrons. The SMILES string of the molecule is C=C(CCCC1CCC(=O)CC1=O)N=N. The predicted octanol–water partition coefficient (Wildman–Crippen LogP) is 2.64. The topological polar surface area (TPSA) is 70.3 Å². The maximum Gasteiger partial charge on any atom is 0.143 e. The molecular weight excluding hydrogens is 192 g/mol. The molecule has 0 spiro atoms. The minimum Gasteiger partial charge on any atom is -0.299 e. The van der Waals surface area contributed by atoms with Crippen LogP contribution in [0.3, 0.4) is 0 Å². The fourth-order valence-corrected chi connectivity index (χ4v) is 1.84. The lowest BCUT2D eigenvalue weighted by atomic mass is 9.84. The van der Waals surface area contributed by atoms with Gasteiger partial charge in [-0.25, -0.2) is 5.53 Å². The van der Waals surface area contributed by atoms with Crippen molar-refractivity contribution < 1.29 is 9.59 Å². The van der Waals surface area contributed by atoms with Crippen LogP contribution in [0, 0.1) is 11.4 Å². The average molecular weight is 208 g/mol. The van der Waals surface area contributed by atoms with Crippen molar-refractivity contribution >= 4 is 11.6 Å². The maximum absolute atomic E-state index is 11.4. The second-order valence-electron chi connectivity index (χ2n) is 3.99. The van der Waals surface area contributed by atoms with Gasteiger partial charge in [-0.05, 0) is 25.7 Å². The van der Waals surface area contributed by atoms with Crippen LogP contribution in [0.5, 0.6) is 0 Å². The Morgan fingerprint density at radius 2 is 2.27 bits per heavy atom. The molecule has 1 atom stereocenters. The summed E-state index contributed by atoms with van der Waals surface area (Å²) in [5.74, 6) is 0.197. The second-order valence-corrected chi connectivity index (χ2v) is 3.99. The van der Waals surface area contributed by atoms with Crippen LogP contribution >= 0.6 is 0 Å². The number of nitrogens with one attached hydrogen (secondary N) is 1. The van der Waals surface area contributed by atoms with Crippen LogP contribution in [0.4, 0.5) is 0 Å². The van der Waals surface area contributed by atoms with Crippen molar-refractivity contribution in [2.24, 2.45) is 11.0 Å². The van der Waals surface area contributed by atoms with Crippen LogP contribution in [0.1, 0.15) is 38.5 Å². The van der Waals surface area contributed by atoms with Gasteiger partial charge in [0.25, 0.3) is 0 Å². The molecule has 1 unspecified atom stereocenters. The lowest BCUT2D eigenvalue weighted by Gasteiger charge is -2.19. The predicted molar refractivity (Wildman–Crippen MR) is 55.5 cm³/mol. The molecule has 1 rings (SSSR count). The lowest BCUT2D eigenvalue weighted by molar-refractivity contribution is -0.132. The number of hydrogen-bond acceptors (Lipinski definition) is 4. The van der Waals surface area contributed by atoms with Gasteiger partial charge in [0.1, 0.15) is 11.6 Å². The first-order chi connectivity index (χ1) is 7.13. The highest BCUT2D eigenvalue weighted by Gasteiger charge is 2.26. The Bertz CT molecular complexity index is 297. The van der Waals surface area contributed by atoms with Crippen molar-refractivity contribution in [3.05, 3.63) is 12.3 Å². The number of ketones is 2. The molecule has 4 heteroatoms.